The SMILES string of the molecule is CC(C)(C)CCN1C(=O)[C@H](CC(=O)N2CCC(N3CCc4ccccc4NC3=O)CC2)SC1c1ccccc1N1CCNCC1=O. The molecule has 2 N–H and O–H groups in total. The standard InChI is InChI=1S/C35H46N6O4S/c1-35(2,3)15-20-41-32(44)29(46-33(41)26-9-5-7-11-28(26)40-21-16-36-23-31(40)43)22-30(42)38-17-13-25(14-18-38)39-19-12-24-8-4-6-10-27(24)37-34(39)45/h4-11,25,29,33,36H,12-23H2,1-3H3,(H,37,45)/t29-,33?/m0/s1. The Balaban J connectivity index is 1.12. The number of piperidine rings is 1. The van der Waals surface area contributed by atoms with Gasteiger partial charge in [0.15, 0.2) is 0 Å². The number of para-hydroxylation sites is 2. The van der Waals surface area contributed by atoms with Gasteiger partial charge in [-0.25, -0.2) is 4.79 Å². The molecule has 0 saturated carbocycles. The summed E-state index contributed by atoms with van der Waals surface area (Å²) in [5.41, 5.74) is 3.84. The minimum Gasteiger partial charge on any atom is -0.342 e. The highest BCUT2D eigenvalue weighted by atomic mass is 32.2. The molecule has 0 bridgehead atoms. The van der Waals surface area contributed by atoms with Gasteiger partial charge in [-0.3, -0.25) is 14.4 Å². The molecule has 0 aliphatic carbocycles. The molecule has 4 aliphatic rings. The fourth-order valence-corrected chi connectivity index (χ4v) is 8.41. The second kappa shape index (κ2) is 13.7. The van der Waals surface area contributed by atoms with E-state index in [1.54, 1.807) is 0 Å². The lowest BCUT2D eigenvalue weighted by Gasteiger charge is -2.38. The Morgan fingerprint density at radius 1 is 0.957 bits per heavy atom. The van der Waals surface area contributed by atoms with Crippen molar-refractivity contribution in [2.75, 3.05) is 56.0 Å². The fraction of sp³-hybridized carbons (Fsp3) is 0.543. The Hall–Kier alpha value is -3.57. The molecule has 5 amide bonds. The first-order chi connectivity index (χ1) is 22.1. The highest BCUT2D eigenvalue weighted by Crippen LogP contribution is 2.48. The maximum absolute atomic E-state index is 14.0. The number of anilines is 2. The molecular formula is C35H46N6O4S. The molecule has 0 spiro atoms. The Morgan fingerprint density at radius 2 is 1.70 bits per heavy atom. The third-order valence-corrected chi connectivity index (χ3v) is 11.0. The summed E-state index contributed by atoms with van der Waals surface area (Å²) in [6, 6.07) is 15.8. The summed E-state index contributed by atoms with van der Waals surface area (Å²) in [4.78, 5) is 61.1. The van der Waals surface area contributed by atoms with Gasteiger partial charge in [-0.2, -0.15) is 0 Å². The molecule has 0 radical (unpaired) electrons. The van der Waals surface area contributed by atoms with E-state index in [-0.39, 0.29) is 47.0 Å². The Labute approximate surface area is 276 Å². The first kappa shape index (κ1) is 32.4. The molecular weight excluding hydrogens is 600 g/mol. The normalized spacial score (nSPS) is 23.0. The zero-order valence-corrected chi connectivity index (χ0v) is 28.0. The van der Waals surface area contributed by atoms with Crippen molar-refractivity contribution in [3.8, 4) is 0 Å². The number of nitrogens with one attached hydrogen (secondary N) is 2. The first-order valence-corrected chi connectivity index (χ1v) is 17.5. The second-order valence-corrected chi connectivity index (χ2v) is 15.2. The van der Waals surface area contributed by atoms with E-state index in [1.807, 2.05) is 62.1 Å². The molecule has 4 aliphatic heterocycles. The Kier molecular flexibility index (Phi) is 9.61. The highest BCUT2D eigenvalue weighted by Gasteiger charge is 2.44. The van der Waals surface area contributed by atoms with E-state index >= 15 is 0 Å². The van der Waals surface area contributed by atoms with Crippen LogP contribution in [0.4, 0.5) is 16.2 Å². The first-order valence-electron chi connectivity index (χ1n) is 16.6. The molecule has 2 atom stereocenters. The van der Waals surface area contributed by atoms with Crippen LogP contribution in [0.15, 0.2) is 48.5 Å². The molecule has 246 valence electrons. The lowest BCUT2D eigenvalue weighted by Crippen LogP contribution is -2.50. The van der Waals surface area contributed by atoms with E-state index in [0.29, 0.717) is 58.7 Å². The van der Waals surface area contributed by atoms with E-state index in [2.05, 4.69) is 37.5 Å². The van der Waals surface area contributed by atoms with Crippen LogP contribution in [0.2, 0.25) is 0 Å². The van der Waals surface area contributed by atoms with Crippen LogP contribution in [0.1, 0.15) is 63.0 Å². The number of benzene rings is 2. The second-order valence-electron chi connectivity index (χ2n) is 13.9. The summed E-state index contributed by atoms with van der Waals surface area (Å²) >= 11 is 1.54. The van der Waals surface area contributed by atoms with Crippen molar-refractivity contribution >= 4 is 46.9 Å². The van der Waals surface area contributed by atoms with Gasteiger partial charge in [0, 0.05) is 68.7 Å². The fourth-order valence-electron chi connectivity index (χ4n) is 6.90. The minimum atomic E-state index is -0.489. The van der Waals surface area contributed by atoms with Crippen LogP contribution in [0.5, 0.6) is 0 Å². The minimum absolute atomic E-state index is 0.00951. The highest BCUT2D eigenvalue weighted by molar-refractivity contribution is 8.01. The van der Waals surface area contributed by atoms with Crippen molar-refractivity contribution < 1.29 is 19.2 Å². The average molecular weight is 647 g/mol. The molecule has 6 rings (SSSR count). The van der Waals surface area contributed by atoms with Crippen molar-refractivity contribution in [1.29, 1.82) is 0 Å². The number of carbonyl (C=O) groups excluding carboxylic acids is 4. The maximum atomic E-state index is 14.0. The van der Waals surface area contributed by atoms with Crippen LogP contribution in [0, 0.1) is 5.41 Å². The number of nitrogens with zero attached hydrogens (tertiary/aromatic N) is 4. The van der Waals surface area contributed by atoms with Gasteiger partial charge in [-0.1, -0.05) is 57.2 Å². The van der Waals surface area contributed by atoms with Crippen LogP contribution in [0.25, 0.3) is 0 Å². The number of piperazine rings is 1. The summed E-state index contributed by atoms with van der Waals surface area (Å²) in [7, 11) is 0. The number of urea groups is 1. The van der Waals surface area contributed by atoms with Crippen molar-refractivity contribution in [3.63, 3.8) is 0 Å². The van der Waals surface area contributed by atoms with Crippen LogP contribution < -0.4 is 15.5 Å². The zero-order valence-electron chi connectivity index (χ0n) is 27.2. The van der Waals surface area contributed by atoms with Gasteiger partial charge in [0.1, 0.15) is 5.37 Å². The number of amides is 5. The molecule has 11 heteroatoms. The summed E-state index contributed by atoms with van der Waals surface area (Å²) < 4.78 is 0. The lowest BCUT2D eigenvalue weighted by atomic mass is 9.92. The smallest absolute Gasteiger partial charge is 0.322 e. The number of carbonyl (C=O) groups is 4. The van der Waals surface area contributed by atoms with Crippen molar-refractivity contribution in [3.05, 3.63) is 59.7 Å². The predicted octanol–water partition coefficient (Wildman–Crippen LogP) is 4.47. The maximum Gasteiger partial charge on any atom is 0.322 e. The monoisotopic (exact) mass is 646 g/mol. The van der Waals surface area contributed by atoms with Crippen LogP contribution >= 0.6 is 11.8 Å². The van der Waals surface area contributed by atoms with Gasteiger partial charge >= 0.3 is 6.03 Å². The van der Waals surface area contributed by atoms with Crippen molar-refractivity contribution in [1.82, 2.24) is 20.0 Å². The quantitative estimate of drug-likeness (QED) is 0.460. The van der Waals surface area contributed by atoms with Gasteiger partial charge in [0.05, 0.1) is 11.8 Å². The summed E-state index contributed by atoms with van der Waals surface area (Å²) in [5, 5.41) is 5.44. The Bertz CT molecular complexity index is 1470. The number of hydrogen-bond acceptors (Lipinski definition) is 6. The molecule has 2 aromatic carbocycles. The summed E-state index contributed by atoms with van der Waals surface area (Å²) in [5.74, 6) is -0.00432. The summed E-state index contributed by atoms with van der Waals surface area (Å²) in [6.07, 6.45) is 3.20. The van der Waals surface area contributed by atoms with Crippen LogP contribution in [-0.2, 0) is 20.8 Å². The molecule has 2 aromatic rings. The van der Waals surface area contributed by atoms with E-state index < -0.39 is 5.25 Å². The lowest BCUT2D eigenvalue weighted by molar-refractivity contribution is -0.137. The largest absolute Gasteiger partial charge is 0.342 e. The summed E-state index contributed by atoms with van der Waals surface area (Å²) in [6.45, 7) is 10.5. The van der Waals surface area contributed by atoms with Crippen LogP contribution in [0.3, 0.4) is 0 Å². The number of fused-ring (bicyclic) bond motifs is 1. The van der Waals surface area contributed by atoms with Gasteiger partial charge < -0.3 is 30.2 Å². The molecule has 3 saturated heterocycles. The van der Waals surface area contributed by atoms with Gasteiger partial charge in [-0.15, -0.1) is 11.8 Å². The molecule has 46 heavy (non-hydrogen) atoms. The van der Waals surface area contributed by atoms with E-state index in [0.717, 1.165) is 35.3 Å². The van der Waals surface area contributed by atoms with E-state index in [9.17, 15) is 19.2 Å². The number of rotatable bonds is 7. The topological polar surface area (TPSA) is 105 Å². The third kappa shape index (κ3) is 7.05. The molecule has 4 heterocycles. The number of thioether (sulfide) groups is 1. The van der Waals surface area contributed by atoms with E-state index in [1.165, 1.54) is 11.8 Å². The molecule has 3 fully saturated rings. The van der Waals surface area contributed by atoms with Gasteiger partial charge in [-0.05, 0) is 48.8 Å². The Morgan fingerprint density at radius 3 is 2.46 bits per heavy atom. The van der Waals surface area contributed by atoms with Gasteiger partial charge in [0.25, 0.3) is 0 Å². The van der Waals surface area contributed by atoms with E-state index in [4.69, 9.17) is 0 Å². The molecule has 1 unspecified atom stereocenters. The van der Waals surface area contributed by atoms with Crippen molar-refractivity contribution in [2.24, 2.45) is 5.41 Å². The average Bonchev–Trinajstić information content (AvgIpc) is 3.23. The molecule has 0 aromatic heterocycles. The molecule has 10 nitrogen and oxygen atoms in total. The number of hydrogen-bond donors (Lipinski definition) is 2. The zero-order chi connectivity index (χ0) is 32.4. The third-order valence-electron chi connectivity index (χ3n) is 9.58. The predicted molar refractivity (Wildman–Crippen MR) is 182 cm³/mol. The van der Waals surface area contributed by atoms with Crippen LogP contribution in [-0.4, -0.2) is 95.6 Å². The van der Waals surface area contributed by atoms with Crippen molar-refractivity contribution in [2.45, 2.75) is 69.5 Å². The van der Waals surface area contributed by atoms with Gasteiger partial charge in [0.2, 0.25) is 17.7 Å². The number of likely N-dealkylation sites (tertiary alicyclic amines) is 1.